The first-order valence-corrected chi connectivity index (χ1v) is 17.8. The van der Waals surface area contributed by atoms with Crippen LogP contribution in [0.4, 0.5) is 0 Å². The highest BCUT2D eigenvalue weighted by Gasteiger charge is 2.55. The summed E-state index contributed by atoms with van der Waals surface area (Å²) in [6, 6.07) is 0. The fourth-order valence-corrected chi connectivity index (χ4v) is 7.83. The summed E-state index contributed by atoms with van der Waals surface area (Å²) in [6.45, 7) is 4.15. The van der Waals surface area contributed by atoms with E-state index in [0.717, 1.165) is 19.6 Å². The topological polar surface area (TPSA) is 288 Å². The van der Waals surface area contributed by atoms with Crippen molar-refractivity contribution in [2.24, 2.45) is 29.6 Å². The Morgan fingerprint density at radius 2 is 1.36 bits per heavy atom. The maximum absolute atomic E-state index is 14.2. The van der Waals surface area contributed by atoms with Gasteiger partial charge in [0, 0.05) is 38.4 Å². The molecule has 2 saturated heterocycles. The lowest BCUT2D eigenvalue weighted by atomic mass is 9.80. The van der Waals surface area contributed by atoms with Gasteiger partial charge in [0.2, 0.25) is 12.6 Å². The molecule has 4 heterocycles. The van der Waals surface area contributed by atoms with Crippen LogP contribution in [0.15, 0.2) is 36.3 Å². The fourth-order valence-electron chi connectivity index (χ4n) is 7.83. The van der Waals surface area contributed by atoms with E-state index < -0.39 is 135 Å². The summed E-state index contributed by atoms with van der Waals surface area (Å²) in [5.41, 5.74) is -0.129. The van der Waals surface area contributed by atoms with Crippen LogP contribution in [-0.2, 0) is 57.0 Å². The van der Waals surface area contributed by atoms with Gasteiger partial charge in [0.25, 0.3) is 0 Å². The molecule has 4 bridgehead atoms. The number of carbonyl (C=O) groups is 2. The minimum Gasteiger partial charge on any atom is -0.471 e. The highest BCUT2D eigenvalue weighted by Crippen LogP contribution is 2.47. The molecule has 55 heavy (non-hydrogen) atoms. The standard InChI is InChI=1S/C35H52O20/c1-6-14-13(2)19-7-15(14)17(30(44)48-5)11-49-32(54-34-28(42)26(40)24(38)20(9-36)52-34)23-16(8-22(46-3)47-4)18(31(45)51-19)12-50-33(23)55-35-29(43)27(41)25(39)21(10-37)53-35/h6,11-16,19-29,32-43H,1,7-10H2,2-5H3/b17-11+/t13-,14-,15?,16-,19+,20-,21-,23+,24-,25-,26-,27-,28+,29+,32?,33-,34+,35+/m0/s1. The number of hydrogen-bond acceptors (Lipinski definition) is 20. The lowest BCUT2D eigenvalue weighted by molar-refractivity contribution is -0.373. The summed E-state index contributed by atoms with van der Waals surface area (Å²) in [7, 11) is 3.83. The van der Waals surface area contributed by atoms with Crippen molar-refractivity contribution in [2.45, 2.75) is 106 Å². The molecule has 0 amide bonds. The minimum absolute atomic E-state index is 0.0251. The van der Waals surface area contributed by atoms with E-state index in [1.165, 1.54) is 14.2 Å². The van der Waals surface area contributed by atoms with E-state index in [0.29, 0.717) is 0 Å². The lowest BCUT2D eigenvalue weighted by Crippen LogP contribution is -2.62. The highest BCUT2D eigenvalue weighted by atomic mass is 16.8. The molecule has 4 aliphatic heterocycles. The van der Waals surface area contributed by atoms with E-state index in [-0.39, 0.29) is 29.9 Å². The SMILES string of the molecule is C=C[C@@H]1C2C[C@@H](OC(=O)C3=CO[C@@H](O[C@H]4O[C@@H](CO)[C@H](O)[C@H](O)[C@H]4O)[C@@H](C(O[C@H]4O[C@@H](CO)[C@H](O)[C@H](O)[C@H]4O)O/C=C\2C(=O)OC)[C@H]3CC(OC)OC)[C@H]1C. The van der Waals surface area contributed by atoms with Crippen molar-refractivity contribution in [1.82, 2.24) is 0 Å². The van der Waals surface area contributed by atoms with Crippen LogP contribution in [0.2, 0.25) is 0 Å². The van der Waals surface area contributed by atoms with Crippen molar-refractivity contribution >= 4 is 11.9 Å². The first kappa shape index (κ1) is 43.3. The van der Waals surface area contributed by atoms with Crippen LogP contribution in [-0.4, -0.2) is 174 Å². The molecule has 2 unspecified atom stereocenters. The van der Waals surface area contributed by atoms with Gasteiger partial charge in [0.05, 0.1) is 49.9 Å². The van der Waals surface area contributed by atoms with Crippen LogP contribution in [0.1, 0.15) is 19.8 Å². The predicted octanol–water partition coefficient (Wildman–Crippen LogP) is -3.12. The zero-order chi connectivity index (χ0) is 40.3. The van der Waals surface area contributed by atoms with Crippen molar-refractivity contribution in [2.75, 3.05) is 34.5 Å². The summed E-state index contributed by atoms with van der Waals surface area (Å²) in [5.74, 6) is -5.75. The second-order valence-electron chi connectivity index (χ2n) is 14.1. The summed E-state index contributed by atoms with van der Waals surface area (Å²) >= 11 is 0. The first-order valence-electron chi connectivity index (χ1n) is 17.8. The van der Waals surface area contributed by atoms with Gasteiger partial charge in [0.15, 0.2) is 18.9 Å². The van der Waals surface area contributed by atoms with Crippen molar-refractivity contribution < 1.29 is 97.8 Å². The molecule has 0 aromatic carbocycles. The lowest BCUT2D eigenvalue weighted by Gasteiger charge is -2.46. The molecule has 5 rings (SSSR count). The van der Waals surface area contributed by atoms with E-state index in [1.54, 1.807) is 6.08 Å². The molecular weight excluding hydrogens is 740 g/mol. The monoisotopic (exact) mass is 792 g/mol. The van der Waals surface area contributed by atoms with Gasteiger partial charge in [-0.25, -0.2) is 9.59 Å². The summed E-state index contributed by atoms with van der Waals surface area (Å²) in [6.07, 6.45) is -19.3. The molecule has 0 aromatic heterocycles. The Kier molecular flexibility index (Phi) is 14.7. The van der Waals surface area contributed by atoms with Crippen LogP contribution in [0.3, 0.4) is 0 Å². The maximum atomic E-state index is 14.2. The van der Waals surface area contributed by atoms with Gasteiger partial charge in [-0.15, -0.1) is 6.58 Å². The second kappa shape index (κ2) is 18.6. The summed E-state index contributed by atoms with van der Waals surface area (Å²) in [5, 5.41) is 83.7. The third-order valence-corrected chi connectivity index (χ3v) is 11.1. The van der Waals surface area contributed by atoms with Crippen LogP contribution in [0, 0.1) is 29.6 Å². The molecule has 0 aromatic rings. The van der Waals surface area contributed by atoms with E-state index >= 15 is 0 Å². The number of aliphatic hydroxyl groups is 8. The van der Waals surface area contributed by atoms with Gasteiger partial charge < -0.3 is 88.2 Å². The second-order valence-corrected chi connectivity index (χ2v) is 14.1. The Labute approximate surface area is 316 Å². The Hall–Kier alpha value is -2.80. The van der Waals surface area contributed by atoms with Crippen molar-refractivity contribution in [1.29, 1.82) is 0 Å². The maximum Gasteiger partial charge on any atom is 0.337 e. The Bertz CT molecular complexity index is 1380. The molecule has 3 fully saturated rings. The van der Waals surface area contributed by atoms with Gasteiger partial charge in [-0.1, -0.05) is 13.0 Å². The summed E-state index contributed by atoms with van der Waals surface area (Å²) in [4.78, 5) is 27.6. The largest absolute Gasteiger partial charge is 0.471 e. The number of carbonyl (C=O) groups excluding carboxylic acids is 2. The number of hydrogen-bond donors (Lipinski definition) is 8. The third-order valence-electron chi connectivity index (χ3n) is 11.1. The van der Waals surface area contributed by atoms with E-state index in [9.17, 15) is 50.4 Å². The number of aliphatic hydroxyl groups excluding tert-OH is 8. The van der Waals surface area contributed by atoms with Crippen LogP contribution in [0.25, 0.3) is 0 Å². The number of esters is 2. The quantitative estimate of drug-likeness (QED) is 0.0551. The van der Waals surface area contributed by atoms with Gasteiger partial charge >= 0.3 is 11.9 Å². The minimum atomic E-state index is -1.97. The molecule has 0 radical (unpaired) electrons. The smallest absolute Gasteiger partial charge is 0.337 e. The number of ether oxygens (including phenoxy) is 10. The number of fused-ring (bicyclic) bond motifs is 4. The average molecular weight is 793 g/mol. The molecule has 18 atom stereocenters. The highest BCUT2D eigenvalue weighted by molar-refractivity contribution is 5.90. The molecule has 1 aliphatic carbocycles. The molecular formula is C35H52O20. The Balaban J connectivity index is 1.68. The van der Waals surface area contributed by atoms with Crippen LogP contribution >= 0.6 is 0 Å². The van der Waals surface area contributed by atoms with E-state index in [4.69, 9.17) is 47.4 Å². The van der Waals surface area contributed by atoms with Crippen LogP contribution < -0.4 is 0 Å². The first-order chi connectivity index (χ1) is 26.2. The van der Waals surface area contributed by atoms with Gasteiger partial charge in [-0.05, 0) is 12.3 Å². The number of allylic oxidation sites excluding steroid dienone is 1. The van der Waals surface area contributed by atoms with Gasteiger partial charge in [0.1, 0.15) is 54.9 Å². The fraction of sp³-hybridized carbons (Fsp3) is 0.771. The average Bonchev–Trinajstić information content (AvgIpc) is 3.49. The van der Waals surface area contributed by atoms with Crippen LogP contribution in [0.5, 0.6) is 0 Å². The number of rotatable bonds is 12. The zero-order valence-corrected chi connectivity index (χ0v) is 30.7. The third kappa shape index (κ3) is 8.72. The molecule has 0 spiro atoms. The normalized spacial score (nSPS) is 44.4. The molecule has 1 saturated carbocycles. The Morgan fingerprint density at radius 3 is 1.84 bits per heavy atom. The number of methoxy groups -OCH3 is 3. The molecule has 20 heteroatoms. The Morgan fingerprint density at radius 1 is 0.836 bits per heavy atom. The molecule has 8 N–H and O–H groups in total. The molecule has 20 nitrogen and oxygen atoms in total. The van der Waals surface area contributed by atoms with Gasteiger partial charge in [-0.3, -0.25) is 0 Å². The van der Waals surface area contributed by atoms with E-state index in [2.05, 4.69) is 6.58 Å². The molecule has 312 valence electrons. The zero-order valence-electron chi connectivity index (χ0n) is 30.7. The van der Waals surface area contributed by atoms with Crippen molar-refractivity contribution in [3.05, 3.63) is 36.3 Å². The van der Waals surface area contributed by atoms with Crippen molar-refractivity contribution in [3.8, 4) is 0 Å². The predicted molar refractivity (Wildman–Crippen MR) is 178 cm³/mol. The van der Waals surface area contributed by atoms with E-state index in [1.807, 2.05) is 6.92 Å². The van der Waals surface area contributed by atoms with Crippen molar-refractivity contribution in [3.63, 3.8) is 0 Å². The molecule has 5 aliphatic rings. The van der Waals surface area contributed by atoms with Gasteiger partial charge in [-0.2, -0.15) is 0 Å². The summed E-state index contributed by atoms with van der Waals surface area (Å²) < 4.78 is 57.9.